The molecule has 144 valence electrons. The Morgan fingerprint density at radius 2 is 2.08 bits per heavy atom. The number of ether oxygens (including phenoxy) is 1. The van der Waals surface area contributed by atoms with Gasteiger partial charge in [0.05, 0.1) is 24.9 Å². The predicted octanol–water partition coefficient (Wildman–Crippen LogP) is 1.28. The number of nitrogens with zero attached hydrogens (tertiary/aromatic N) is 2. The van der Waals surface area contributed by atoms with Gasteiger partial charge in [-0.15, -0.1) is 0 Å². The number of carbonyl (C=O) groups is 1. The van der Waals surface area contributed by atoms with E-state index >= 15 is 0 Å². The van der Waals surface area contributed by atoms with Gasteiger partial charge in [-0.2, -0.15) is 5.26 Å². The van der Waals surface area contributed by atoms with Gasteiger partial charge in [0, 0.05) is 12.0 Å². The van der Waals surface area contributed by atoms with Gasteiger partial charge in [-0.1, -0.05) is 0 Å². The van der Waals surface area contributed by atoms with Crippen LogP contribution in [-0.4, -0.2) is 58.6 Å². The number of hydrogen-bond acceptors (Lipinski definition) is 6. The fourth-order valence-electron chi connectivity index (χ4n) is 6.69. The maximum Gasteiger partial charge on any atom is 0.322 e. The standard InChI is InChI=1S/C19H29N3O4/c20-11-15-2-1-3-22(15)21-16(17(24)25)18-7-13-6-14(8-18)10-19(9-13,12-18)26-5-4-23/h13-16,21,23H,1-10,12H2,(H,24,25)/t13-,14-,15?,16+,18?,19?/m0/s1. The van der Waals surface area contributed by atoms with Gasteiger partial charge in [0.1, 0.15) is 12.1 Å². The molecule has 7 heteroatoms. The van der Waals surface area contributed by atoms with Crippen LogP contribution in [0.5, 0.6) is 0 Å². The van der Waals surface area contributed by atoms with E-state index in [2.05, 4.69) is 11.5 Å². The van der Waals surface area contributed by atoms with Gasteiger partial charge in [-0.25, -0.2) is 10.4 Å². The lowest BCUT2D eigenvalue weighted by atomic mass is 9.46. The summed E-state index contributed by atoms with van der Waals surface area (Å²) >= 11 is 0. The van der Waals surface area contributed by atoms with Crippen molar-refractivity contribution in [2.75, 3.05) is 19.8 Å². The molecule has 4 atom stereocenters. The third-order valence-electron chi connectivity index (χ3n) is 7.11. The van der Waals surface area contributed by atoms with E-state index in [0.29, 0.717) is 18.4 Å². The van der Waals surface area contributed by atoms with Gasteiger partial charge >= 0.3 is 5.97 Å². The molecule has 4 bridgehead atoms. The lowest BCUT2D eigenvalue weighted by Crippen LogP contribution is -2.66. The molecule has 5 rings (SSSR count). The first-order chi connectivity index (χ1) is 12.5. The fourth-order valence-corrected chi connectivity index (χ4v) is 6.69. The number of hydrazine groups is 1. The monoisotopic (exact) mass is 363 g/mol. The molecule has 5 fully saturated rings. The molecule has 0 aromatic heterocycles. The SMILES string of the molecule is N#CC1CCCN1N[C@H](C(=O)O)C12C[C@@H]3C[C@H](CC(OCCO)(C3)C1)C2. The number of rotatable bonds is 7. The van der Waals surface area contributed by atoms with Gasteiger partial charge in [0.15, 0.2) is 0 Å². The number of nitriles is 1. The fraction of sp³-hybridized carbons (Fsp3) is 0.895. The Kier molecular flexibility index (Phi) is 4.72. The summed E-state index contributed by atoms with van der Waals surface area (Å²) in [6, 6.07) is 1.36. The molecule has 7 nitrogen and oxygen atoms in total. The van der Waals surface area contributed by atoms with E-state index in [-0.39, 0.29) is 23.7 Å². The average Bonchev–Trinajstić information content (AvgIpc) is 3.03. The predicted molar refractivity (Wildman–Crippen MR) is 92.8 cm³/mol. The molecule has 0 radical (unpaired) electrons. The highest BCUT2D eigenvalue weighted by Gasteiger charge is 2.62. The minimum atomic E-state index is -0.826. The van der Waals surface area contributed by atoms with E-state index < -0.39 is 12.0 Å². The van der Waals surface area contributed by atoms with Crippen molar-refractivity contribution in [2.24, 2.45) is 17.3 Å². The number of aliphatic hydroxyl groups is 1. The first-order valence-electron chi connectivity index (χ1n) is 9.89. The van der Waals surface area contributed by atoms with Crippen LogP contribution in [0.1, 0.15) is 51.4 Å². The third kappa shape index (κ3) is 3.03. The van der Waals surface area contributed by atoms with Gasteiger partial charge in [0.2, 0.25) is 0 Å². The Labute approximate surface area is 154 Å². The summed E-state index contributed by atoms with van der Waals surface area (Å²) < 4.78 is 6.12. The summed E-state index contributed by atoms with van der Waals surface area (Å²) in [4.78, 5) is 12.3. The van der Waals surface area contributed by atoms with Gasteiger partial charge in [-0.3, -0.25) is 4.79 Å². The van der Waals surface area contributed by atoms with Gasteiger partial charge in [0.25, 0.3) is 0 Å². The summed E-state index contributed by atoms with van der Waals surface area (Å²) in [5, 5.41) is 30.4. The second-order valence-electron chi connectivity index (χ2n) is 8.96. The molecule has 0 spiro atoms. The zero-order valence-corrected chi connectivity index (χ0v) is 15.2. The number of aliphatic carboxylic acids is 1. The highest BCUT2D eigenvalue weighted by Crippen LogP contribution is 2.64. The Morgan fingerprint density at radius 3 is 2.69 bits per heavy atom. The van der Waals surface area contributed by atoms with Crippen LogP contribution in [0.2, 0.25) is 0 Å². The molecule has 1 heterocycles. The van der Waals surface area contributed by atoms with Crippen LogP contribution in [0.25, 0.3) is 0 Å². The second kappa shape index (κ2) is 6.75. The largest absolute Gasteiger partial charge is 0.480 e. The highest BCUT2D eigenvalue weighted by molar-refractivity contribution is 5.75. The summed E-state index contributed by atoms with van der Waals surface area (Å²) in [6.45, 7) is 1.04. The first-order valence-corrected chi connectivity index (χ1v) is 9.89. The zero-order chi connectivity index (χ0) is 18.4. The first kappa shape index (κ1) is 18.2. The van der Waals surface area contributed by atoms with E-state index in [9.17, 15) is 20.3 Å². The zero-order valence-electron chi connectivity index (χ0n) is 15.2. The van der Waals surface area contributed by atoms with Crippen molar-refractivity contribution in [1.29, 1.82) is 5.26 Å². The summed E-state index contributed by atoms with van der Waals surface area (Å²) in [5.74, 6) is 0.181. The van der Waals surface area contributed by atoms with Crippen molar-refractivity contribution in [3.05, 3.63) is 0 Å². The van der Waals surface area contributed by atoms with Gasteiger partial charge in [-0.05, 0) is 63.2 Å². The van der Waals surface area contributed by atoms with Crippen LogP contribution < -0.4 is 5.43 Å². The average molecular weight is 363 g/mol. The number of aliphatic hydroxyl groups excluding tert-OH is 1. The van der Waals surface area contributed by atoms with E-state index in [1.54, 1.807) is 0 Å². The maximum absolute atomic E-state index is 12.3. The number of carboxylic acid groups (broad SMARTS) is 1. The van der Waals surface area contributed by atoms with Crippen molar-refractivity contribution in [2.45, 2.75) is 69.1 Å². The molecule has 0 aromatic carbocycles. The van der Waals surface area contributed by atoms with E-state index in [0.717, 1.165) is 51.5 Å². The van der Waals surface area contributed by atoms with Crippen molar-refractivity contribution in [3.8, 4) is 6.07 Å². The van der Waals surface area contributed by atoms with E-state index in [4.69, 9.17) is 4.74 Å². The van der Waals surface area contributed by atoms with Crippen LogP contribution in [0.3, 0.4) is 0 Å². The Morgan fingerprint density at radius 1 is 1.35 bits per heavy atom. The molecule has 4 aliphatic carbocycles. The van der Waals surface area contributed by atoms with E-state index in [1.165, 1.54) is 6.42 Å². The highest BCUT2D eigenvalue weighted by atomic mass is 16.5. The molecule has 1 saturated heterocycles. The van der Waals surface area contributed by atoms with Crippen LogP contribution in [0, 0.1) is 28.6 Å². The Hall–Kier alpha value is -1.20. The normalized spacial score (nSPS) is 42.7. The summed E-state index contributed by atoms with van der Waals surface area (Å²) in [6.07, 6.45) is 7.43. The minimum absolute atomic E-state index is 0.00230. The molecule has 5 aliphatic rings. The number of carboxylic acids is 1. The third-order valence-corrected chi connectivity index (χ3v) is 7.11. The van der Waals surface area contributed by atoms with Crippen molar-refractivity contribution in [1.82, 2.24) is 10.4 Å². The molecular formula is C19H29N3O4. The number of nitrogens with one attached hydrogen (secondary N) is 1. The Bertz CT molecular complexity index is 590. The molecule has 1 unspecified atom stereocenters. The molecule has 0 amide bonds. The van der Waals surface area contributed by atoms with Gasteiger partial charge < -0.3 is 14.9 Å². The van der Waals surface area contributed by atoms with E-state index in [1.807, 2.05) is 5.01 Å². The second-order valence-corrected chi connectivity index (χ2v) is 8.96. The quantitative estimate of drug-likeness (QED) is 0.625. The van der Waals surface area contributed by atoms with Crippen LogP contribution >= 0.6 is 0 Å². The number of hydrogen-bond donors (Lipinski definition) is 3. The van der Waals surface area contributed by atoms with Crippen LogP contribution in [-0.2, 0) is 9.53 Å². The molecular weight excluding hydrogens is 334 g/mol. The lowest BCUT2D eigenvalue weighted by Gasteiger charge is -2.63. The molecule has 3 N–H and O–H groups in total. The lowest BCUT2D eigenvalue weighted by molar-refractivity contribution is -0.209. The summed E-state index contributed by atoms with van der Waals surface area (Å²) in [7, 11) is 0. The molecule has 0 aromatic rings. The smallest absolute Gasteiger partial charge is 0.322 e. The molecule has 26 heavy (non-hydrogen) atoms. The van der Waals surface area contributed by atoms with Crippen molar-refractivity contribution in [3.63, 3.8) is 0 Å². The Balaban J connectivity index is 1.59. The van der Waals surface area contributed by atoms with Crippen molar-refractivity contribution >= 4 is 5.97 Å². The summed E-state index contributed by atoms with van der Waals surface area (Å²) in [5.41, 5.74) is 2.65. The van der Waals surface area contributed by atoms with Crippen molar-refractivity contribution < 1.29 is 19.7 Å². The van der Waals surface area contributed by atoms with Crippen LogP contribution in [0.15, 0.2) is 0 Å². The molecule has 4 saturated carbocycles. The minimum Gasteiger partial charge on any atom is -0.480 e. The maximum atomic E-state index is 12.3. The van der Waals surface area contributed by atoms with Crippen LogP contribution in [0.4, 0.5) is 0 Å². The molecule has 1 aliphatic heterocycles. The topological polar surface area (TPSA) is 106 Å².